The molecule has 6 nitrogen and oxygen atoms in total. The molecule has 2 aromatic heterocycles. The molecule has 0 saturated carbocycles. The molecule has 0 aliphatic carbocycles. The molecule has 0 bridgehead atoms. The number of hydrogen-bond acceptors (Lipinski definition) is 5. The van der Waals surface area contributed by atoms with Gasteiger partial charge in [0, 0.05) is 0 Å². The van der Waals surface area contributed by atoms with Gasteiger partial charge in [-0.05, 0) is 17.7 Å². The number of hydrogen-bond donors (Lipinski definition) is 2. The minimum absolute atomic E-state index is 0.251. The van der Waals surface area contributed by atoms with Gasteiger partial charge in [-0.1, -0.05) is 12.1 Å². The van der Waals surface area contributed by atoms with E-state index >= 15 is 0 Å². The van der Waals surface area contributed by atoms with Crippen LogP contribution in [0.1, 0.15) is 5.56 Å². The van der Waals surface area contributed by atoms with Crippen LogP contribution < -0.4 is 5.73 Å². The first-order chi connectivity index (χ1) is 8.74. The summed E-state index contributed by atoms with van der Waals surface area (Å²) in [6.45, 7) is 0.618. The Morgan fingerprint density at radius 1 is 1.11 bits per heavy atom. The molecule has 0 saturated heterocycles. The lowest BCUT2D eigenvalue weighted by atomic mass is 10.2. The van der Waals surface area contributed by atoms with Gasteiger partial charge in [-0.2, -0.15) is 0 Å². The van der Waals surface area contributed by atoms with Crippen molar-refractivity contribution in [3.8, 4) is 5.75 Å². The van der Waals surface area contributed by atoms with Gasteiger partial charge < -0.3 is 15.4 Å². The molecule has 2 heterocycles. The number of anilines is 1. The molecule has 3 rings (SSSR count). The van der Waals surface area contributed by atoms with E-state index in [4.69, 9.17) is 5.73 Å². The molecular weight excluding hydrogens is 230 g/mol. The number of phenols is 1. The molecule has 0 unspecified atom stereocenters. The lowest BCUT2D eigenvalue weighted by Gasteiger charge is -2.04. The molecule has 3 N–H and O–H groups in total. The van der Waals surface area contributed by atoms with E-state index in [1.165, 1.54) is 6.33 Å². The number of nitrogen functional groups attached to an aromatic ring is 1. The average Bonchev–Trinajstić information content (AvgIpc) is 2.77. The van der Waals surface area contributed by atoms with Crippen molar-refractivity contribution in [1.29, 1.82) is 0 Å². The van der Waals surface area contributed by atoms with E-state index in [2.05, 4.69) is 15.0 Å². The summed E-state index contributed by atoms with van der Waals surface area (Å²) in [4.78, 5) is 12.3. The fourth-order valence-electron chi connectivity index (χ4n) is 1.81. The third-order valence-corrected chi connectivity index (χ3v) is 2.72. The van der Waals surface area contributed by atoms with Gasteiger partial charge in [0.1, 0.15) is 17.6 Å². The summed E-state index contributed by atoms with van der Waals surface area (Å²) in [6, 6.07) is 7.01. The van der Waals surface area contributed by atoms with E-state index in [0.29, 0.717) is 23.5 Å². The van der Waals surface area contributed by atoms with Crippen molar-refractivity contribution in [2.45, 2.75) is 6.54 Å². The van der Waals surface area contributed by atoms with Crippen molar-refractivity contribution in [3.63, 3.8) is 0 Å². The second-order valence-electron chi connectivity index (χ2n) is 3.97. The van der Waals surface area contributed by atoms with Gasteiger partial charge in [-0.15, -0.1) is 0 Å². The van der Waals surface area contributed by atoms with Crippen LogP contribution in [0.5, 0.6) is 5.75 Å². The molecule has 0 atom stereocenters. The van der Waals surface area contributed by atoms with Crippen molar-refractivity contribution < 1.29 is 5.11 Å². The lowest BCUT2D eigenvalue weighted by Crippen LogP contribution is -2.00. The minimum Gasteiger partial charge on any atom is -0.508 e. The molecule has 1 aromatic carbocycles. The van der Waals surface area contributed by atoms with Crippen molar-refractivity contribution in [2.75, 3.05) is 5.73 Å². The smallest absolute Gasteiger partial charge is 0.165 e. The molecule has 0 aliphatic heterocycles. The molecule has 6 heteroatoms. The van der Waals surface area contributed by atoms with Crippen molar-refractivity contribution >= 4 is 17.0 Å². The minimum atomic E-state index is 0.251. The first-order valence-corrected chi connectivity index (χ1v) is 5.43. The highest BCUT2D eigenvalue weighted by molar-refractivity contribution is 5.81. The Kier molecular flexibility index (Phi) is 2.33. The highest BCUT2D eigenvalue weighted by Gasteiger charge is 2.07. The third kappa shape index (κ3) is 1.73. The van der Waals surface area contributed by atoms with Crippen LogP contribution in [0.25, 0.3) is 11.2 Å². The van der Waals surface area contributed by atoms with Gasteiger partial charge in [0.05, 0.1) is 12.9 Å². The maximum Gasteiger partial charge on any atom is 0.165 e. The van der Waals surface area contributed by atoms with Crippen LogP contribution in [0.2, 0.25) is 0 Å². The number of imidazole rings is 1. The van der Waals surface area contributed by atoms with Crippen molar-refractivity contribution in [2.24, 2.45) is 0 Å². The molecule has 18 heavy (non-hydrogen) atoms. The average molecular weight is 241 g/mol. The zero-order valence-electron chi connectivity index (χ0n) is 9.48. The monoisotopic (exact) mass is 241 g/mol. The topological polar surface area (TPSA) is 89.9 Å². The number of nitrogens with two attached hydrogens (primary N) is 1. The number of fused-ring (bicyclic) bond motifs is 1. The van der Waals surface area contributed by atoms with E-state index < -0.39 is 0 Å². The Balaban J connectivity index is 2.00. The number of nitrogens with zero attached hydrogens (tertiary/aromatic N) is 4. The Bertz CT molecular complexity index is 689. The van der Waals surface area contributed by atoms with E-state index in [9.17, 15) is 5.11 Å². The number of rotatable bonds is 2. The number of aromatic nitrogens is 4. The highest BCUT2D eigenvalue weighted by atomic mass is 16.3. The van der Waals surface area contributed by atoms with Crippen LogP contribution in [0.3, 0.4) is 0 Å². The third-order valence-electron chi connectivity index (χ3n) is 2.72. The van der Waals surface area contributed by atoms with Crippen LogP contribution in [0.15, 0.2) is 36.9 Å². The fourth-order valence-corrected chi connectivity index (χ4v) is 1.81. The van der Waals surface area contributed by atoms with Gasteiger partial charge in [0.25, 0.3) is 0 Å². The van der Waals surface area contributed by atoms with E-state index in [1.807, 2.05) is 16.7 Å². The zero-order valence-corrected chi connectivity index (χ0v) is 9.48. The van der Waals surface area contributed by atoms with Crippen LogP contribution in [0.4, 0.5) is 5.82 Å². The quantitative estimate of drug-likeness (QED) is 0.702. The molecule has 0 amide bonds. The first kappa shape index (κ1) is 10.5. The molecule has 0 fully saturated rings. The largest absolute Gasteiger partial charge is 0.508 e. The van der Waals surface area contributed by atoms with Crippen LogP contribution in [-0.2, 0) is 6.54 Å². The fraction of sp³-hybridized carbons (Fsp3) is 0.0833. The summed E-state index contributed by atoms with van der Waals surface area (Å²) >= 11 is 0. The summed E-state index contributed by atoms with van der Waals surface area (Å²) < 4.78 is 1.89. The second-order valence-corrected chi connectivity index (χ2v) is 3.97. The van der Waals surface area contributed by atoms with E-state index in [-0.39, 0.29) is 5.75 Å². The summed E-state index contributed by atoms with van der Waals surface area (Å²) in [5, 5.41) is 9.23. The van der Waals surface area contributed by atoms with E-state index in [0.717, 1.165) is 5.56 Å². The number of phenolic OH excluding ortho intramolecular Hbond substituents is 1. The van der Waals surface area contributed by atoms with Crippen molar-refractivity contribution in [1.82, 2.24) is 19.5 Å². The first-order valence-electron chi connectivity index (χ1n) is 5.43. The van der Waals surface area contributed by atoms with Crippen LogP contribution >= 0.6 is 0 Å². The van der Waals surface area contributed by atoms with Crippen LogP contribution in [-0.4, -0.2) is 24.6 Å². The summed E-state index contributed by atoms with van der Waals surface area (Å²) in [5.41, 5.74) is 8.08. The highest BCUT2D eigenvalue weighted by Crippen LogP contribution is 2.16. The molecule has 0 radical (unpaired) electrons. The molecule has 0 aliphatic rings. The number of benzene rings is 1. The Morgan fingerprint density at radius 3 is 2.67 bits per heavy atom. The number of aromatic hydroxyl groups is 1. The van der Waals surface area contributed by atoms with E-state index in [1.54, 1.807) is 18.5 Å². The van der Waals surface area contributed by atoms with Crippen molar-refractivity contribution in [3.05, 3.63) is 42.5 Å². The molecule has 0 spiro atoms. The van der Waals surface area contributed by atoms with Crippen LogP contribution in [0, 0.1) is 0 Å². The predicted octanol–water partition coefficient (Wildman–Crippen LogP) is 1.16. The Hall–Kier alpha value is -2.63. The van der Waals surface area contributed by atoms with Gasteiger partial charge in [0.15, 0.2) is 11.5 Å². The SMILES string of the molecule is Nc1ncnc2c1ncn2Cc1ccc(O)cc1. The molecule has 3 aromatic rings. The normalized spacial score (nSPS) is 10.9. The maximum atomic E-state index is 9.23. The lowest BCUT2D eigenvalue weighted by molar-refractivity contribution is 0.475. The maximum absolute atomic E-state index is 9.23. The second kappa shape index (κ2) is 3.99. The summed E-state index contributed by atoms with van der Waals surface area (Å²) in [6.07, 6.45) is 3.11. The standard InChI is InChI=1S/C12H11N5O/c13-11-10-12(15-6-14-11)17(7-16-10)5-8-1-3-9(18)4-2-8/h1-4,6-7,18H,5H2,(H2,13,14,15). The van der Waals surface area contributed by atoms with Gasteiger partial charge in [0.2, 0.25) is 0 Å². The van der Waals surface area contributed by atoms with Gasteiger partial charge in [-0.3, -0.25) is 0 Å². The molecule has 90 valence electrons. The summed E-state index contributed by atoms with van der Waals surface area (Å²) in [5.74, 6) is 0.630. The molecular formula is C12H11N5O. The van der Waals surface area contributed by atoms with Gasteiger partial charge >= 0.3 is 0 Å². The predicted molar refractivity (Wildman–Crippen MR) is 66.9 cm³/mol. The Morgan fingerprint density at radius 2 is 1.89 bits per heavy atom. The van der Waals surface area contributed by atoms with Gasteiger partial charge in [-0.25, -0.2) is 15.0 Å². The zero-order chi connectivity index (χ0) is 12.5. The summed E-state index contributed by atoms with van der Waals surface area (Å²) in [7, 11) is 0. The Labute approximate surface area is 103 Å².